The van der Waals surface area contributed by atoms with Crippen LogP contribution in [0, 0.1) is 0 Å². The Balaban J connectivity index is 1.17. The zero-order valence-electron chi connectivity index (χ0n) is 20.9. The summed E-state index contributed by atoms with van der Waals surface area (Å²) >= 11 is 0. The second kappa shape index (κ2) is 10.4. The van der Waals surface area contributed by atoms with Crippen LogP contribution in [0.4, 0.5) is 11.8 Å². The van der Waals surface area contributed by atoms with Crippen LogP contribution in [0.15, 0.2) is 23.8 Å². The highest BCUT2D eigenvalue weighted by Gasteiger charge is 2.49. The maximum Gasteiger partial charge on any atom is 0.472 e. The van der Waals surface area contributed by atoms with Gasteiger partial charge in [-0.25, -0.2) is 24.5 Å². The summed E-state index contributed by atoms with van der Waals surface area (Å²) in [5, 5.41) is 30.9. The number of hydrogen-bond donors (Lipinski definition) is 7. The molecule has 9 N–H and O–H groups in total. The quantitative estimate of drug-likeness (QED) is 0.104. The predicted octanol–water partition coefficient (Wildman–Crippen LogP) is -2.47. The third-order valence-corrected chi connectivity index (χ3v) is 7.76. The summed E-state index contributed by atoms with van der Waals surface area (Å²) in [6.07, 6.45) is -4.79. The molecule has 0 aromatic carbocycles. The van der Waals surface area contributed by atoms with E-state index in [-0.39, 0.29) is 29.4 Å². The van der Waals surface area contributed by atoms with Crippen molar-refractivity contribution in [2.24, 2.45) is 0 Å². The van der Waals surface area contributed by atoms with Crippen molar-refractivity contribution < 1.29 is 43.3 Å². The first-order valence-corrected chi connectivity index (χ1v) is 13.6. The lowest BCUT2D eigenvalue weighted by Crippen LogP contribution is -2.35. The number of aromatic amines is 1. The Hall–Kier alpha value is -3.59. The van der Waals surface area contributed by atoms with Crippen LogP contribution in [0.1, 0.15) is 18.9 Å². The molecule has 0 bridgehead atoms. The highest BCUT2D eigenvalue weighted by molar-refractivity contribution is 7.47. The highest BCUT2D eigenvalue weighted by atomic mass is 31.2. The first-order chi connectivity index (χ1) is 19.6. The van der Waals surface area contributed by atoms with Crippen LogP contribution in [0.25, 0.3) is 22.3 Å². The van der Waals surface area contributed by atoms with E-state index in [1.54, 1.807) is 4.57 Å². The number of phosphoric ester groups is 1. The molecule has 6 rings (SSSR count). The molecule has 41 heavy (non-hydrogen) atoms. The third kappa shape index (κ3) is 4.94. The Bertz CT molecular complexity index is 1690. The molecule has 0 aliphatic carbocycles. The van der Waals surface area contributed by atoms with Gasteiger partial charge >= 0.3 is 7.82 Å². The maximum absolute atomic E-state index is 13.0. The van der Waals surface area contributed by atoms with E-state index in [0.29, 0.717) is 11.2 Å². The summed E-state index contributed by atoms with van der Waals surface area (Å²) < 4.78 is 37.5. The molecule has 3 unspecified atom stereocenters. The van der Waals surface area contributed by atoms with E-state index < -0.39 is 69.6 Å². The molecule has 0 radical (unpaired) electrons. The summed E-state index contributed by atoms with van der Waals surface area (Å²) in [7, 11) is -4.95. The normalized spacial score (nSPS) is 29.9. The molecule has 0 amide bonds. The molecular formula is C20H25N10O10P. The van der Waals surface area contributed by atoms with Crippen molar-refractivity contribution in [3.63, 3.8) is 0 Å². The largest absolute Gasteiger partial charge is 0.472 e. The van der Waals surface area contributed by atoms with Gasteiger partial charge in [0.25, 0.3) is 5.56 Å². The van der Waals surface area contributed by atoms with Gasteiger partial charge in [-0.2, -0.15) is 4.98 Å². The van der Waals surface area contributed by atoms with Gasteiger partial charge in [-0.3, -0.25) is 28.0 Å². The standard InChI is InChI=1S/C20H25N10O10P/c21-15-11-16(24-4-23-15)29(5-25-11)10-1-7(32)9(38-10)3-37-41(35,36)40-14-13(33)8(2-31)39-19(14)30-6-26-12-17(30)27-20(22)28-18(12)34/h4-10,13-14,19,31-33H,1-3H2,(H,35,36)(H2,21,23,24)(H3,22,27,28,34)/t7?,8-,9-,10-,13?,14+,19-/m1/s1. The van der Waals surface area contributed by atoms with Crippen LogP contribution >= 0.6 is 7.82 Å². The van der Waals surface area contributed by atoms with Crippen LogP contribution in [0.5, 0.6) is 0 Å². The van der Waals surface area contributed by atoms with Gasteiger partial charge in [0.05, 0.1) is 32.0 Å². The number of phosphoric acid groups is 1. The molecule has 6 heterocycles. The molecule has 0 spiro atoms. The number of aliphatic hydroxyl groups excluding tert-OH is 3. The lowest BCUT2D eigenvalue weighted by molar-refractivity contribution is -0.0593. The van der Waals surface area contributed by atoms with Crippen molar-refractivity contribution in [1.82, 2.24) is 39.0 Å². The molecule has 220 valence electrons. The summed E-state index contributed by atoms with van der Waals surface area (Å²) in [5.74, 6) is -0.0664. The number of H-pyrrole nitrogens is 1. The molecule has 2 saturated heterocycles. The van der Waals surface area contributed by atoms with Gasteiger partial charge in [0.2, 0.25) is 5.95 Å². The van der Waals surface area contributed by atoms with Gasteiger partial charge in [-0.15, -0.1) is 0 Å². The monoisotopic (exact) mass is 596 g/mol. The molecular weight excluding hydrogens is 571 g/mol. The number of ether oxygens (including phenoxy) is 2. The van der Waals surface area contributed by atoms with Crippen molar-refractivity contribution in [2.45, 2.75) is 49.4 Å². The Kier molecular flexibility index (Phi) is 6.96. The Morgan fingerprint density at radius 3 is 2.61 bits per heavy atom. The minimum Gasteiger partial charge on any atom is -0.394 e. The summed E-state index contributed by atoms with van der Waals surface area (Å²) in [6.45, 7) is -1.24. The van der Waals surface area contributed by atoms with Crippen LogP contribution in [-0.4, -0.2) is 103 Å². The maximum atomic E-state index is 13.0. The molecule has 8 atom stereocenters. The van der Waals surface area contributed by atoms with Gasteiger partial charge in [0.15, 0.2) is 28.9 Å². The van der Waals surface area contributed by atoms with Crippen LogP contribution in [0.3, 0.4) is 0 Å². The molecule has 2 fully saturated rings. The first kappa shape index (κ1) is 27.6. The topological polar surface area (TPSA) is 294 Å². The van der Waals surface area contributed by atoms with Crippen molar-refractivity contribution in [3.8, 4) is 0 Å². The summed E-state index contributed by atoms with van der Waals surface area (Å²) in [4.78, 5) is 45.1. The van der Waals surface area contributed by atoms with E-state index in [4.69, 9.17) is 30.0 Å². The van der Waals surface area contributed by atoms with E-state index in [9.17, 15) is 29.6 Å². The zero-order valence-corrected chi connectivity index (χ0v) is 21.8. The number of nitrogens with one attached hydrogen (secondary N) is 1. The molecule has 4 aromatic heterocycles. The Labute approximate surface area is 228 Å². The molecule has 21 heteroatoms. The molecule has 20 nitrogen and oxygen atoms in total. The number of nitrogen functional groups attached to an aromatic ring is 2. The van der Waals surface area contributed by atoms with Crippen molar-refractivity contribution in [3.05, 3.63) is 29.3 Å². The van der Waals surface area contributed by atoms with Crippen molar-refractivity contribution in [2.75, 3.05) is 24.7 Å². The Morgan fingerprint density at radius 1 is 1.07 bits per heavy atom. The van der Waals surface area contributed by atoms with E-state index in [1.807, 2.05) is 0 Å². The van der Waals surface area contributed by atoms with Crippen LogP contribution in [-0.2, 0) is 23.1 Å². The van der Waals surface area contributed by atoms with Gasteiger partial charge in [0.1, 0.15) is 42.5 Å². The third-order valence-electron chi connectivity index (χ3n) is 6.78. The molecule has 2 aliphatic rings. The van der Waals surface area contributed by atoms with E-state index in [1.165, 1.54) is 17.2 Å². The predicted molar refractivity (Wildman–Crippen MR) is 134 cm³/mol. The SMILES string of the molecule is Nc1nc2c(ncn2[C@@H]2O[C@H](CO)C(O)[C@@H]2OP(=O)(O)OC[C@H]2O[C@@H](n3cnc4c(N)ncnc43)CC2O)c(=O)[nH]1. The fourth-order valence-electron chi connectivity index (χ4n) is 4.80. The average Bonchev–Trinajstić information content (AvgIpc) is 3.69. The number of imidazole rings is 2. The number of aromatic nitrogens is 8. The average molecular weight is 596 g/mol. The molecule has 2 aliphatic heterocycles. The van der Waals surface area contributed by atoms with E-state index in [2.05, 4.69) is 29.9 Å². The summed E-state index contributed by atoms with van der Waals surface area (Å²) in [5.41, 5.74) is 11.3. The van der Waals surface area contributed by atoms with Crippen molar-refractivity contribution in [1.29, 1.82) is 0 Å². The minimum absolute atomic E-state index is 0.0584. The number of anilines is 2. The number of hydrogen-bond acceptors (Lipinski definition) is 16. The van der Waals surface area contributed by atoms with E-state index in [0.717, 1.165) is 6.33 Å². The fourth-order valence-corrected chi connectivity index (χ4v) is 5.74. The Morgan fingerprint density at radius 2 is 1.83 bits per heavy atom. The van der Waals surface area contributed by atoms with Gasteiger partial charge in [-0.1, -0.05) is 0 Å². The highest BCUT2D eigenvalue weighted by Crippen LogP contribution is 2.50. The second-order valence-electron chi connectivity index (χ2n) is 9.36. The fraction of sp³-hybridized carbons (Fsp3) is 0.500. The first-order valence-electron chi connectivity index (χ1n) is 12.1. The van der Waals surface area contributed by atoms with E-state index >= 15 is 0 Å². The van der Waals surface area contributed by atoms with Gasteiger partial charge in [-0.05, 0) is 0 Å². The van der Waals surface area contributed by atoms with Gasteiger partial charge < -0.3 is 41.2 Å². The summed E-state index contributed by atoms with van der Waals surface area (Å²) in [6, 6.07) is 0. The second-order valence-corrected chi connectivity index (χ2v) is 10.8. The number of aliphatic hydroxyl groups is 3. The minimum atomic E-state index is -4.95. The zero-order chi connectivity index (χ0) is 29.1. The van der Waals surface area contributed by atoms with Crippen LogP contribution < -0.4 is 17.0 Å². The smallest absolute Gasteiger partial charge is 0.394 e. The van der Waals surface area contributed by atoms with Crippen molar-refractivity contribution >= 4 is 41.9 Å². The lowest BCUT2D eigenvalue weighted by Gasteiger charge is -2.25. The number of nitrogens with zero attached hydrogens (tertiary/aromatic N) is 7. The lowest BCUT2D eigenvalue weighted by atomic mass is 10.1. The number of fused-ring (bicyclic) bond motifs is 2. The number of nitrogens with two attached hydrogens (primary N) is 2. The van der Waals surface area contributed by atoms with Crippen LogP contribution in [0.2, 0.25) is 0 Å². The molecule has 0 saturated carbocycles. The molecule has 4 aromatic rings. The number of rotatable bonds is 8. The van der Waals surface area contributed by atoms with Gasteiger partial charge in [0, 0.05) is 6.42 Å².